The van der Waals surface area contributed by atoms with Crippen molar-refractivity contribution in [2.75, 3.05) is 18.5 Å². The summed E-state index contributed by atoms with van der Waals surface area (Å²) < 4.78 is 48.8. The SMILES string of the molecule is C[C@@H]1[C@H](C)CCC[C@H]1NC(=O)COC(=O)c1ccc(OCC(=O)Nc2cccc(C(F)(F)F)c2)cc1. The molecular weight excluding hydrogens is 477 g/mol. The van der Waals surface area contributed by atoms with E-state index in [0.29, 0.717) is 11.8 Å². The van der Waals surface area contributed by atoms with Gasteiger partial charge in [0.1, 0.15) is 5.75 Å². The van der Waals surface area contributed by atoms with Crippen LogP contribution in [0.25, 0.3) is 0 Å². The third kappa shape index (κ3) is 7.73. The van der Waals surface area contributed by atoms with Gasteiger partial charge in [-0.1, -0.05) is 32.8 Å². The van der Waals surface area contributed by atoms with E-state index in [1.54, 1.807) is 0 Å². The summed E-state index contributed by atoms with van der Waals surface area (Å²) >= 11 is 0. The van der Waals surface area contributed by atoms with Gasteiger partial charge in [-0.25, -0.2) is 4.79 Å². The zero-order valence-electron chi connectivity index (χ0n) is 20.1. The van der Waals surface area contributed by atoms with Crippen molar-refractivity contribution in [3.63, 3.8) is 0 Å². The van der Waals surface area contributed by atoms with Gasteiger partial charge < -0.3 is 20.1 Å². The Labute approximate surface area is 207 Å². The number of hydrogen-bond acceptors (Lipinski definition) is 5. The molecule has 0 aromatic heterocycles. The summed E-state index contributed by atoms with van der Waals surface area (Å²) in [7, 11) is 0. The van der Waals surface area contributed by atoms with Crippen LogP contribution >= 0.6 is 0 Å². The van der Waals surface area contributed by atoms with Crippen LogP contribution in [0.3, 0.4) is 0 Å². The fourth-order valence-corrected chi connectivity index (χ4v) is 4.06. The Morgan fingerprint density at radius 1 is 0.972 bits per heavy atom. The molecule has 2 aromatic carbocycles. The maximum Gasteiger partial charge on any atom is 0.416 e. The summed E-state index contributed by atoms with van der Waals surface area (Å²) in [6, 6.07) is 10.1. The van der Waals surface area contributed by atoms with E-state index in [1.165, 1.54) is 36.4 Å². The first kappa shape index (κ1) is 27.0. The number of benzene rings is 2. The van der Waals surface area contributed by atoms with Crippen LogP contribution in [0, 0.1) is 11.8 Å². The van der Waals surface area contributed by atoms with Crippen LogP contribution in [-0.2, 0) is 20.5 Å². The zero-order valence-corrected chi connectivity index (χ0v) is 20.1. The largest absolute Gasteiger partial charge is 0.484 e. The highest BCUT2D eigenvalue weighted by Gasteiger charge is 2.30. The van der Waals surface area contributed by atoms with Gasteiger partial charge in [-0.2, -0.15) is 13.2 Å². The molecular formula is C26H29F3N2O5. The number of amides is 2. The van der Waals surface area contributed by atoms with Crippen LogP contribution in [0.5, 0.6) is 5.75 Å². The van der Waals surface area contributed by atoms with Crippen LogP contribution in [0.2, 0.25) is 0 Å². The van der Waals surface area contributed by atoms with Gasteiger partial charge in [0.05, 0.1) is 11.1 Å². The maximum atomic E-state index is 12.8. The predicted molar refractivity (Wildman–Crippen MR) is 126 cm³/mol. The monoisotopic (exact) mass is 506 g/mol. The highest BCUT2D eigenvalue weighted by molar-refractivity contribution is 5.92. The molecule has 2 aromatic rings. The molecule has 0 aliphatic heterocycles. The van der Waals surface area contributed by atoms with E-state index in [1.807, 2.05) is 0 Å². The average Bonchev–Trinajstić information content (AvgIpc) is 2.84. The van der Waals surface area contributed by atoms with Gasteiger partial charge in [-0.05, 0) is 60.7 Å². The van der Waals surface area contributed by atoms with E-state index >= 15 is 0 Å². The van der Waals surface area contributed by atoms with Crippen molar-refractivity contribution >= 4 is 23.5 Å². The van der Waals surface area contributed by atoms with E-state index in [9.17, 15) is 27.6 Å². The molecule has 2 N–H and O–H groups in total. The zero-order chi connectivity index (χ0) is 26.3. The molecule has 3 rings (SSSR count). The number of nitrogens with one attached hydrogen (secondary N) is 2. The minimum Gasteiger partial charge on any atom is -0.484 e. The maximum absolute atomic E-state index is 12.8. The first-order valence-corrected chi connectivity index (χ1v) is 11.7. The van der Waals surface area contributed by atoms with Gasteiger partial charge in [0.2, 0.25) is 0 Å². The first-order valence-electron chi connectivity index (χ1n) is 11.7. The molecule has 3 atom stereocenters. The molecule has 0 heterocycles. The number of ether oxygens (including phenoxy) is 2. The van der Waals surface area contributed by atoms with Crippen molar-refractivity contribution in [1.82, 2.24) is 5.32 Å². The Hall–Kier alpha value is -3.56. The van der Waals surface area contributed by atoms with Gasteiger partial charge in [-0.3, -0.25) is 9.59 Å². The van der Waals surface area contributed by atoms with Gasteiger partial charge >= 0.3 is 12.1 Å². The minimum atomic E-state index is -4.52. The van der Waals surface area contributed by atoms with E-state index in [0.717, 1.165) is 31.4 Å². The van der Waals surface area contributed by atoms with Crippen LogP contribution in [0.4, 0.5) is 18.9 Å². The van der Waals surface area contributed by atoms with Crippen LogP contribution in [0.1, 0.15) is 49.0 Å². The summed E-state index contributed by atoms with van der Waals surface area (Å²) in [6.45, 7) is 3.45. The number of anilines is 1. The van der Waals surface area contributed by atoms with Crippen molar-refractivity contribution < 1.29 is 37.0 Å². The molecule has 0 unspecified atom stereocenters. The number of alkyl halides is 3. The lowest BCUT2D eigenvalue weighted by atomic mass is 9.78. The molecule has 1 aliphatic rings. The van der Waals surface area contributed by atoms with Gasteiger partial charge in [0, 0.05) is 11.7 Å². The van der Waals surface area contributed by atoms with Crippen LogP contribution in [-0.4, -0.2) is 37.0 Å². The molecule has 1 aliphatic carbocycles. The van der Waals surface area contributed by atoms with E-state index in [4.69, 9.17) is 9.47 Å². The average molecular weight is 507 g/mol. The Morgan fingerprint density at radius 2 is 1.69 bits per heavy atom. The molecule has 1 fully saturated rings. The van der Waals surface area contributed by atoms with E-state index in [2.05, 4.69) is 24.5 Å². The quantitative estimate of drug-likeness (QED) is 0.501. The molecule has 0 radical (unpaired) electrons. The molecule has 0 spiro atoms. The highest BCUT2D eigenvalue weighted by Crippen LogP contribution is 2.31. The highest BCUT2D eigenvalue weighted by atomic mass is 19.4. The second-order valence-electron chi connectivity index (χ2n) is 8.96. The summed E-state index contributed by atoms with van der Waals surface area (Å²) in [5.74, 6) is -0.517. The van der Waals surface area contributed by atoms with Crippen molar-refractivity contribution in [1.29, 1.82) is 0 Å². The summed E-state index contributed by atoms with van der Waals surface area (Å²) in [6.07, 6.45) is -1.42. The summed E-state index contributed by atoms with van der Waals surface area (Å²) in [4.78, 5) is 36.5. The predicted octanol–water partition coefficient (Wildman–Crippen LogP) is 4.82. The van der Waals surface area contributed by atoms with Crippen molar-refractivity contribution in [2.45, 2.75) is 45.3 Å². The normalized spacial score (nSPS) is 19.8. The lowest BCUT2D eigenvalue weighted by molar-refractivity contribution is -0.137. The summed E-state index contributed by atoms with van der Waals surface area (Å²) in [5.41, 5.74) is -0.685. The Balaban J connectivity index is 1.43. The Bertz CT molecular complexity index is 1070. The van der Waals surface area contributed by atoms with Crippen molar-refractivity contribution in [3.05, 3.63) is 59.7 Å². The number of halogens is 3. The fraction of sp³-hybridized carbons (Fsp3) is 0.423. The van der Waals surface area contributed by atoms with Crippen LogP contribution < -0.4 is 15.4 Å². The summed E-state index contributed by atoms with van der Waals surface area (Å²) in [5, 5.41) is 5.28. The molecule has 0 saturated heterocycles. The molecule has 194 valence electrons. The third-order valence-electron chi connectivity index (χ3n) is 6.32. The third-order valence-corrected chi connectivity index (χ3v) is 6.32. The number of carbonyl (C=O) groups is 3. The topological polar surface area (TPSA) is 93.7 Å². The number of hydrogen-bond donors (Lipinski definition) is 2. The molecule has 0 bridgehead atoms. The van der Waals surface area contributed by atoms with E-state index < -0.39 is 30.2 Å². The first-order chi connectivity index (χ1) is 17.0. The van der Waals surface area contributed by atoms with Gasteiger partial charge in [0.15, 0.2) is 13.2 Å². The number of rotatable bonds is 8. The smallest absolute Gasteiger partial charge is 0.416 e. The second kappa shape index (κ2) is 11.9. The second-order valence-corrected chi connectivity index (χ2v) is 8.96. The van der Waals surface area contributed by atoms with Crippen LogP contribution in [0.15, 0.2) is 48.5 Å². The molecule has 1 saturated carbocycles. The van der Waals surface area contributed by atoms with Crippen molar-refractivity contribution in [3.8, 4) is 5.75 Å². The standard InChI is InChI=1S/C26H29F3N2O5/c1-16-5-3-8-22(17(16)2)31-24(33)15-36-25(34)18-9-11-21(12-10-18)35-14-23(32)30-20-7-4-6-19(13-20)26(27,28)29/h4,6-7,9-13,16-17,22H,3,5,8,14-15H2,1-2H3,(H,30,32)(H,31,33)/t16-,17-,22-/m1/s1. The number of carbonyl (C=O) groups excluding carboxylic acids is 3. The lowest BCUT2D eigenvalue weighted by Crippen LogP contribution is -2.45. The number of esters is 1. The molecule has 10 heteroatoms. The molecule has 2 amide bonds. The molecule has 36 heavy (non-hydrogen) atoms. The van der Waals surface area contributed by atoms with Gasteiger partial charge in [0.25, 0.3) is 11.8 Å². The molecule has 7 nitrogen and oxygen atoms in total. The van der Waals surface area contributed by atoms with E-state index in [-0.39, 0.29) is 35.6 Å². The van der Waals surface area contributed by atoms with Crippen molar-refractivity contribution in [2.24, 2.45) is 11.8 Å². The van der Waals surface area contributed by atoms with Gasteiger partial charge in [-0.15, -0.1) is 0 Å². The minimum absolute atomic E-state index is 0.00647. The Morgan fingerprint density at radius 3 is 2.39 bits per heavy atom. The lowest BCUT2D eigenvalue weighted by Gasteiger charge is -2.34. The fourth-order valence-electron chi connectivity index (χ4n) is 4.06. The Kier molecular flexibility index (Phi) is 8.95.